The molecule has 1 aromatic heterocycles. The largest absolute Gasteiger partial charge is 0.456 e. The minimum atomic E-state index is -3.63. The number of aryl methyl sites for hydroxylation is 2. The van der Waals surface area contributed by atoms with Crippen LogP contribution in [0.2, 0.25) is 0 Å². The van der Waals surface area contributed by atoms with Crippen molar-refractivity contribution in [3.8, 4) is 11.5 Å². The quantitative estimate of drug-likeness (QED) is 0.917. The number of nitrogens with one attached hydrogen (secondary N) is 1. The fourth-order valence-corrected chi connectivity index (χ4v) is 4.29. The predicted molar refractivity (Wildman–Crippen MR) is 91.9 cm³/mol. The first-order chi connectivity index (χ1) is 11.5. The topological polar surface area (TPSA) is 71.5 Å². The van der Waals surface area contributed by atoms with E-state index in [1.807, 2.05) is 32.0 Å². The first-order valence-corrected chi connectivity index (χ1v) is 9.32. The number of rotatable bonds is 4. The number of nitrogens with zero attached hydrogens (tertiary/aromatic N) is 2. The molecule has 0 bridgehead atoms. The van der Waals surface area contributed by atoms with E-state index in [4.69, 9.17) is 4.74 Å². The highest BCUT2D eigenvalue weighted by Crippen LogP contribution is 2.31. The van der Waals surface area contributed by atoms with Gasteiger partial charge in [0, 0.05) is 38.4 Å². The summed E-state index contributed by atoms with van der Waals surface area (Å²) in [5, 5.41) is 3.15. The van der Waals surface area contributed by atoms with Crippen molar-refractivity contribution in [2.24, 2.45) is 0 Å². The van der Waals surface area contributed by atoms with Gasteiger partial charge in [0.2, 0.25) is 10.0 Å². The van der Waals surface area contributed by atoms with Crippen molar-refractivity contribution in [3.05, 3.63) is 47.8 Å². The smallest absolute Gasteiger partial charge is 0.248 e. The van der Waals surface area contributed by atoms with E-state index in [1.165, 1.54) is 16.7 Å². The SMILES string of the molecule is Cc1cc(C)cc(Oc2ccncc2S(=O)(=O)N2CCNCC2)c1. The van der Waals surface area contributed by atoms with Gasteiger partial charge < -0.3 is 10.1 Å². The van der Waals surface area contributed by atoms with E-state index in [1.54, 1.807) is 6.07 Å². The lowest BCUT2D eigenvalue weighted by Gasteiger charge is -2.27. The molecule has 3 rings (SSSR count). The lowest BCUT2D eigenvalue weighted by molar-refractivity contribution is 0.358. The van der Waals surface area contributed by atoms with Gasteiger partial charge in [0.05, 0.1) is 6.20 Å². The summed E-state index contributed by atoms with van der Waals surface area (Å²) < 4.78 is 33.2. The van der Waals surface area contributed by atoms with Crippen LogP contribution in [0.15, 0.2) is 41.6 Å². The van der Waals surface area contributed by atoms with Gasteiger partial charge in [-0.2, -0.15) is 4.31 Å². The fourth-order valence-electron chi connectivity index (χ4n) is 2.79. The van der Waals surface area contributed by atoms with Crippen LogP contribution in [0.3, 0.4) is 0 Å². The van der Waals surface area contributed by atoms with Gasteiger partial charge in [-0.25, -0.2) is 8.42 Å². The molecule has 2 heterocycles. The van der Waals surface area contributed by atoms with Crippen molar-refractivity contribution in [1.29, 1.82) is 0 Å². The van der Waals surface area contributed by atoms with E-state index in [0.717, 1.165) is 11.1 Å². The third-order valence-electron chi connectivity index (χ3n) is 3.86. The molecule has 1 N–H and O–H groups in total. The second kappa shape index (κ2) is 6.88. The van der Waals surface area contributed by atoms with Crippen molar-refractivity contribution in [1.82, 2.24) is 14.6 Å². The third-order valence-corrected chi connectivity index (χ3v) is 5.77. The first-order valence-electron chi connectivity index (χ1n) is 7.88. The molecule has 1 aromatic carbocycles. The summed E-state index contributed by atoms with van der Waals surface area (Å²) in [6.45, 7) is 6.13. The molecular weight excluding hydrogens is 326 g/mol. The summed E-state index contributed by atoms with van der Waals surface area (Å²) in [4.78, 5) is 4.08. The molecule has 0 saturated carbocycles. The van der Waals surface area contributed by atoms with E-state index < -0.39 is 10.0 Å². The van der Waals surface area contributed by atoms with Crippen molar-refractivity contribution in [2.75, 3.05) is 26.2 Å². The van der Waals surface area contributed by atoms with Crippen LogP contribution in [0.5, 0.6) is 11.5 Å². The Balaban J connectivity index is 1.95. The number of piperazine rings is 1. The predicted octanol–water partition coefficient (Wildman–Crippen LogP) is 2.08. The van der Waals surface area contributed by atoms with Crippen molar-refractivity contribution in [2.45, 2.75) is 18.7 Å². The molecule has 24 heavy (non-hydrogen) atoms. The molecule has 0 spiro atoms. The van der Waals surface area contributed by atoms with Crippen molar-refractivity contribution in [3.63, 3.8) is 0 Å². The maximum Gasteiger partial charge on any atom is 0.248 e. The van der Waals surface area contributed by atoms with Crippen LogP contribution in [0.4, 0.5) is 0 Å². The Labute approximate surface area is 142 Å². The van der Waals surface area contributed by atoms with Crippen LogP contribution >= 0.6 is 0 Å². The van der Waals surface area contributed by atoms with Crippen LogP contribution in [-0.2, 0) is 10.0 Å². The molecule has 1 fully saturated rings. The van der Waals surface area contributed by atoms with E-state index in [9.17, 15) is 8.42 Å². The number of benzene rings is 1. The molecule has 1 aliphatic heterocycles. The van der Waals surface area contributed by atoms with Gasteiger partial charge >= 0.3 is 0 Å². The zero-order valence-electron chi connectivity index (χ0n) is 13.8. The van der Waals surface area contributed by atoms with Crippen LogP contribution in [-0.4, -0.2) is 43.9 Å². The molecular formula is C17H21N3O3S. The Morgan fingerprint density at radius 3 is 2.46 bits per heavy atom. The summed E-state index contributed by atoms with van der Waals surface area (Å²) in [5.74, 6) is 0.920. The maximum absolute atomic E-state index is 12.9. The Bertz CT molecular complexity index is 810. The third kappa shape index (κ3) is 3.58. The van der Waals surface area contributed by atoms with Gasteiger partial charge in [0.15, 0.2) is 5.75 Å². The Kier molecular flexibility index (Phi) is 4.84. The minimum Gasteiger partial charge on any atom is -0.456 e. The molecule has 0 amide bonds. The summed E-state index contributed by atoms with van der Waals surface area (Å²) in [6.07, 6.45) is 2.89. The number of aromatic nitrogens is 1. The molecule has 128 valence electrons. The fraction of sp³-hybridized carbons (Fsp3) is 0.353. The van der Waals surface area contributed by atoms with Gasteiger partial charge in [-0.05, 0) is 37.1 Å². The standard InChI is InChI=1S/C17H21N3O3S/c1-13-9-14(2)11-15(10-13)23-16-3-4-19-12-17(16)24(21,22)20-7-5-18-6-8-20/h3-4,9-12,18H,5-8H2,1-2H3. The average Bonchev–Trinajstić information content (AvgIpc) is 2.55. The van der Waals surface area contributed by atoms with Crippen molar-refractivity contribution < 1.29 is 13.2 Å². The number of pyridine rings is 1. The minimum absolute atomic E-state index is 0.103. The molecule has 7 heteroatoms. The van der Waals surface area contributed by atoms with E-state index in [-0.39, 0.29) is 4.90 Å². The number of sulfonamides is 1. The van der Waals surface area contributed by atoms with Crippen LogP contribution in [0.25, 0.3) is 0 Å². The maximum atomic E-state index is 12.9. The van der Waals surface area contributed by atoms with E-state index in [2.05, 4.69) is 10.3 Å². The van der Waals surface area contributed by atoms with Gasteiger partial charge in [-0.1, -0.05) is 6.07 Å². The number of hydrogen-bond donors (Lipinski definition) is 1. The Hall–Kier alpha value is -1.96. The zero-order chi connectivity index (χ0) is 17.2. The number of hydrogen-bond acceptors (Lipinski definition) is 5. The molecule has 0 atom stereocenters. The lowest BCUT2D eigenvalue weighted by Crippen LogP contribution is -2.46. The van der Waals surface area contributed by atoms with E-state index >= 15 is 0 Å². The molecule has 0 aliphatic carbocycles. The Morgan fingerprint density at radius 1 is 1.12 bits per heavy atom. The summed E-state index contributed by atoms with van der Waals surface area (Å²) >= 11 is 0. The first kappa shape index (κ1) is 16.9. The second-order valence-corrected chi connectivity index (χ2v) is 7.81. The highest BCUT2D eigenvalue weighted by atomic mass is 32.2. The van der Waals surface area contributed by atoms with Gasteiger partial charge in [0.25, 0.3) is 0 Å². The average molecular weight is 347 g/mol. The monoisotopic (exact) mass is 347 g/mol. The molecule has 1 aliphatic rings. The molecule has 1 saturated heterocycles. The highest BCUT2D eigenvalue weighted by molar-refractivity contribution is 7.89. The summed E-state index contributed by atoms with van der Waals surface area (Å²) in [5.41, 5.74) is 2.12. The van der Waals surface area contributed by atoms with Crippen LogP contribution < -0.4 is 10.1 Å². The highest BCUT2D eigenvalue weighted by Gasteiger charge is 2.29. The molecule has 0 radical (unpaired) electrons. The van der Waals surface area contributed by atoms with Gasteiger partial charge in [-0.15, -0.1) is 0 Å². The normalized spacial score (nSPS) is 16.1. The summed E-state index contributed by atoms with van der Waals surface area (Å²) in [6, 6.07) is 7.40. The molecule has 2 aromatic rings. The second-order valence-electron chi connectivity index (χ2n) is 5.90. The molecule has 6 nitrogen and oxygen atoms in total. The lowest BCUT2D eigenvalue weighted by atomic mass is 10.1. The van der Waals surface area contributed by atoms with Gasteiger partial charge in [-0.3, -0.25) is 4.98 Å². The van der Waals surface area contributed by atoms with Gasteiger partial charge in [0.1, 0.15) is 10.6 Å². The van der Waals surface area contributed by atoms with Crippen molar-refractivity contribution >= 4 is 10.0 Å². The van der Waals surface area contributed by atoms with Crippen LogP contribution in [0.1, 0.15) is 11.1 Å². The molecule has 0 unspecified atom stereocenters. The number of ether oxygens (including phenoxy) is 1. The van der Waals surface area contributed by atoms with E-state index in [0.29, 0.717) is 37.7 Å². The summed E-state index contributed by atoms with van der Waals surface area (Å²) in [7, 11) is -3.63. The Morgan fingerprint density at radius 2 is 1.79 bits per heavy atom. The zero-order valence-corrected chi connectivity index (χ0v) is 14.6. The van der Waals surface area contributed by atoms with Crippen LogP contribution in [0, 0.1) is 13.8 Å².